The van der Waals surface area contributed by atoms with Gasteiger partial charge in [0.2, 0.25) is 0 Å². The van der Waals surface area contributed by atoms with Crippen LogP contribution in [0.3, 0.4) is 0 Å². The molecule has 1 aromatic rings. The van der Waals surface area contributed by atoms with Crippen molar-refractivity contribution < 1.29 is 27.4 Å². The van der Waals surface area contributed by atoms with Crippen LogP contribution >= 0.6 is 0 Å². The monoisotopic (exact) mass is 291 g/mol. The third-order valence-electron chi connectivity index (χ3n) is 2.76. The van der Waals surface area contributed by atoms with Crippen molar-refractivity contribution in [1.29, 1.82) is 0 Å². The molecule has 4 nitrogen and oxygen atoms in total. The summed E-state index contributed by atoms with van der Waals surface area (Å²) in [6.45, 7) is 3.29. The smallest absolute Gasteiger partial charge is 0.433 e. The fraction of sp³-hybridized carbons (Fsp3) is 0.538. The number of esters is 1. The number of methoxy groups -OCH3 is 1. The summed E-state index contributed by atoms with van der Waals surface area (Å²) in [6, 6.07) is 1.84. The van der Waals surface area contributed by atoms with Crippen LogP contribution in [0.1, 0.15) is 35.1 Å². The molecule has 0 N–H and O–H groups in total. The molecule has 1 aromatic heterocycles. The van der Waals surface area contributed by atoms with Crippen LogP contribution in [-0.2, 0) is 15.7 Å². The molecule has 0 saturated heterocycles. The zero-order valence-corrected chi connectivity index (χ0v) is 11.5. The van der Waals surface area contributed by atoms with Crippen LogP contribution in [0.5, 0.6) is 0 Å². The highest BCUT2D eigenvalue weighted by atomic mass is 19.4. The molecule has 0 amide bonds. The zero-order valence-electron chi connectivity index (χ0n) is 11.5. The molecule has 1 rings (SSSR count). The number of carbonyl (C=O) groups is 1. The van der Waals surface area contributed by atoms with Crippen LogP contribution in [0.2, 0.25) is 0 Å². The van der Waals surface area contributed by atoms with Gasteiger partial charge < -0.3 is 9.47 Å². The molecule has 0 radical (unpaired) electrons. The van der Waals surface area contributed by atoms with Crippen molar-refractivity contribution in [3.05, 3.63) is 29.1 Å². The molecule has 112 valence electrons. The minimum atomic E-state index is -4.53. The van der Waals surface area contributed by atoms with E-state index in [1.54, 1.807) is 0 Å². The molecule has 0 aromatic carbocycles. The summed E-state index contributed by atoms with van der Waals surface area (Å²) in [5.41, 5.74) is -1.01. The quantitative estimate of drug-likeness (QED) is 0.782. The molecular formula is C13H16F3NO3. The van der Waals surface area contributed by atoms with Crippen LogP contribution < -0.4 is 0 Å². The van der Waals surface area contributed by atoms with Gasteiger partial charge in [-0.15, -0.1) is 0 Å². The van der Waals surface area contributed by atoms with Gasteiger partial charge in [0.25, 0.3) is 0 Å². The third kappa shape index (κ3) is 4.48. The SMILES string of the molecule is CO[C@H](C)CCOC(=O)c1ccc(C(F)(F)F)nc1C. The van der Waals surface area contributed by atoms with Crippen LogP contribution in [0.4, 0.5) is 13.2 Å². The molecule has 1 heterocycles. The van der Waals surface area contributed by atoms with Crippen LogP contribution in [0.15, 0.2) is 12.1 Å². The summed E-state index contributed by atoms with van der Waals surface area (Å²) >= 11 is 0. The summed E-state index contributed by atoms with van der Waals surface area (Å²) in [5, 5.41) is 0. The van der Waals surface area contributed by atoms with Gasteiger partial charge >= 0.3 is 12.1 Å². The van der Waals surface area contributed by atoms with E-state index < -0.39 is 17.8 Å². The zero-order chi connectivity index (χ0) is 15.3. The number of hydrogen-bond acceptors (Lipinski definition) is 4. The molecule has 20 heavy (non-hydrogen) atoms. The predicted molar refractivity (Wildman–Crippen MR) is 65.3 cm³/mol. The van der Waals surface area contributed by atoms with E-state index in [4.69, 9.17) is 9.47 Å². The highest BCUT2D eigenvalue weighted by molar-refractivity contribution is 5.90. The van der Waals surface area contributed by atoms with Crippen molar-refractivity contribution in [3.63, 3.8) is 0 Å². The number of alkyl halides is 3. The summed E-state index contributed by atoms with van der Waals surface area (Å²) in [4.78, 5) is 15.1. The van der Waals surface area contributed by atoms with E-state index in [-0.39, 0.29) is 24.0 Å². The van der Waals surface area contributed by atoms with Gasteiger partial charge in [0.15, 0.2) is 0 Å². The Kier molecular flexibility index (Phi) is 5.50. The largest absolute Gasteiger partial charge is 0.462 e. The number of carbonyl (C=O) groups excluding carboxylic acids is 1. The molecule has 0 aliphatic rings. The molecule has 0 aliphatic heterocycles. The lowest BCUT2D eigenvalue weighted by atomic mass is 10.2. The minimum absolute atomic E-state index is 0.00962. The summed E-state index contributed by atoms with van der Waals surface area (Å²) in [7, 11) is 1.54. The molecule has 0 aliphatic carbocycles. The maximum atomic E-state index is 12.4. The maximum Gasteiger partial charge on any atom is 0.433 e. The number of hydrogen-bond donors (Lipinski definition) is 0. The number of nitrogens with zero attached hydrogens (tertiary/aromatic N) is 1. The first-order valence-electron chi connectivity index (χ1n) is 6.00. The standard InChI is InChI=1S/C13H16F3NO3/c1-8(19-3)6-7-20-12(18)10-4-5-11(13(14,15)16)17-9(10)2/h4-5,8H,6-7H2,1-3H3/t8-/m1/s1. The summed E-state index contributed by atoms with van der Waals surface area (Å²) < 4.78 is 47.3. The Morgan fingerprint density at radius 3 is 2.55 bits per heavy atom. The van der Waals surface area contributed by atoms with Gasteiger partial charge in [-0.25, -0.2) is 9.78 Å². The normalized spacial score (nSPS) is 13.1. The van der Waals surface area contributed by atoms with Crippen molar-refractivity contribution in [1.82, 2.24) is 4.98 Å². The Labute approximate surface area is 114 Å². The Hall–Kier alpha value is -1.63. The predicted octanol–water partition coefficient (Wildman–Crippen LogP) is 2.99. The molecule has 7 heteroatoms. The Balaban J connectivity index is 2.70. The van der Waals surface area contributed by atoms with E-state index in [0.717, 1.165) is 12.1 Å². The average molecular weight is 291 g/mol. The first kappa shape index (κ1) is 16.4. The Morgan fingerprint density at radius 1 is 1.40 bits per heavy atom. The van der Waals surface area contributed by atoms with Crippen molar-refractivity contribution >= 4 is 5.97 Å². The second kappa shape index (κ2) is 6.69. The van der Waals surface area contributed by atoms with Crippen LogP contribution in [-0.4, -0.2) is 30.8 Å². The van der Waals surface area contributed by atoms with Crippen molar-refractivity contribution in [2.45, 2.75) is 32.5 Å². The number of aromatic nitrogens is 1. The number of pyridine rings is 1. The lowest BCUT2D eigenvalue weighted by Crippen LogP contribution is -2.15. The van der Waals surface area contributed by atoms with E-state index in [2.05, 4.69) is 4.98 Å². The highest BCUT2D eigenvalue weighted by Crippen LogP contribution is 2.28. The van der Waals surface area contributed by atoms with Gasteiger partial charge in [-0.3, -0.25) is 0 Å². The first-order chi connectivity index (χ1) is 9.25. The summed E-state index contributed by atoms with van der Waals surface area (Å²) in [5.74, 6) is -0.688. The molecule has 1 atom stereocenters. The average Bonchev–Trinajstić information content (AvgIpc) is 2.37. The summed E-state index contributed by atoms with van der Waals surface area (Å²) in [6.07, 6.45) is -4.08. The molecule has 0 bridgehead atoms. The number of rotatable bonds is 5. The molecule has 0 fully saturated rings. The van der Waals surface area contributed by atoms with Gasteiger partial charge in [-0.05, 0) is 26.0 Å². The molecule has 0 spiro atoms. The van der Waals surface area contributed by atoms with E-state index >= 15 is 0 Å². The topological polar surface area (TPSA) is 48.4 Å². The van der Waals surface area contributed by atoms with E-state index in [0.29, 0.717) is 6.42 Å². The first-order valence-corrected chi connectivity index (χ1v) is 6.00. The lowest BCUT2D eigenvalue weighted by molar-refractivity contribution is -0.141. The second-order valence-corrected chi connectivity index (χ2v) is 4.30. The third-order valence-corrected chi connectivity index (χ3v) is 2.76. The molecule has 0 unspecified atom stereocenters. The Bertz CT molecular complexity index is 474. The fourth-order valence-corrected chi connectivity index (χ4v) is 1.45. The molecule has 0 saturated carbocycles. The number of aryl methyl sites for hydroxylation is 1. The second-order valence-electron chi connectivity index (χ2n) is 4.30. The fourth-order valence-electron chi connectivity index (χ4n) is 1.45. The highest BCUT2D eigenvalue weighted by Gasteiger charge is 2.33. The minimum Gasteiger partial charge on any atom is -0.462 e. The van der Waals surface area contributed by atoms with Crippen LogP contribution in [0.25, 0.3) is 0 Å². The lowest BCUT2D eigenvalue weighted by Gasteiger charge is -2.11. The van der Waals surface area contributed by atoms with Crippen LogP contribution in [0, 0.1) is 6.92 Å². The maximum absolute atomic E-state index is 12.4. The van der Waals surface area contributed by atoms with Gasteiger partial charge in [0, 0.05) is 13.5 Å². The van der Waals surface area contributed by atoms with Crippen molar-refractivity contribution in [3.8, 4) is 0 Å². The van der Waals surface area contributed by atoms with Crippen molar-refractivity contribution in [2.24, 2.45) is 0 Å². The van der Waals surface area contributed by atoms with E-state index in [1.165, 1.54) is 14.0 Å². The van der Waals surface area contributed by atoms with E-state index in [1.807, 2.05) is 6.92 Å². The van der Waals surface area contributed by atoms with Crippen molar-refractivity contribution in [2.75, 3.05) is 13.7 Å². The van der Waals surface area contributed by atoms with Gasteiger partial charge in [-0.2, -0.15) is 13.2 Å². The van der Waals surface area contributed by atoms with Gasteiger partial charge in [-0.1, -0.05) is 0 Å². The van der Waals surface area contributed by atoms with Gasteiger partial charge in [0.05, 0.1) is 24.0 Å². The Morgan fingerprint density at radius 2 is 2.05 bits per heavy atom. The van der Waals surface area contributed by atoms with E-state index in [9.17, 15) is 18.0 Å². The number of halogens is 3. The van der Waals surface area contributed by atoms with Gasteiger partial charge in [0.1, 0.15) is 5.69 Å². The molecular weight excluding hydrogens is 275 g/mol. The number of ether oxygens (including phenoxy) is 2.